The zero-order chi connectivity index (χ0) is 14.1. The molecule has 0 spiro atoms. The van der Waals surface area contributed by atoms with Crippen molar-refractivity contribution in [2.45, 2.75) is 12.8 Å². The quantitative estimate of drug-likeness (QED) is 0.711. The number of ether oxygens (including phenoxy) is 1. The number of aliphatic carboxylic acids is 1. The first-order valence-electron chi connectivity index (χ1n) is 6.05. The molecule has 1 amide bonds. The van der Waals surface area contributed by atoms with E-state index in [1.54, 1.807) is 19.2 Å². The minimum Gasteiger partial charge on any atom is -0.481 e. The molecule has 19 heavy (non-hydrogen) atoms. The van der Waals surface area contributed by atoms with Gasteiger partial charge in [-0.05, 0) is 18.6 Å². The van der Waals surface area contributed by atoms with Gasteiger partial charge in [-0.2, -0.15) is 0 Å². The van der Waals surface area contributed by atoms with E-state index in [-0.39, 0.29) is 18.9 Å². The molecule has 0 unspecified atom stereocenters. The van der Waals surface area contributed by atoms with Crippen molar-refractivity contribution in [2.75, 3.05) is 26.8 Å². The van der Waals surface area contributed by atoms with Crippen LogP contribution in [0.25, 0.3) is 0 Å². The lowest BCUT2D eigenvalue weighted by Gasteiger charge is -2.21. The Morgan fingerprint density at radius 3 is 2.58 bits per heavy atom. The predicted molar refractivity (Wildman–Crippen MR) is 68.9 cm³/mol. The summed E-state index contributed by atoms with van der Waals surface area (Å²) >= 11 is 0. The van der Waals surface area contributed by atoms with Crippen molar-refractivity contribution >= 4 is 11.9 Å². The summed E-state index contributed by atoms with van der Waals surface area (Å²) in [6.45, 7) is 1.20. The fourth-order valence-electron chi connectivity index (χ4n) is 1.62. The van der Waals surface area contributed by atoms with E-state index in [1.165, 1.54) is 17.3 Å². The van der Waals surface area contributed by atoms with Crippen LogP contribution in [-0.2, 0) is 9.53 Å². The molecule has 104 valence electrons. The summed E-state index contributed by atoms with van der Waals surface area (Å²) in [5.74, 6) is -1.10. The van der Waals surface area contributed by atoms with Gasteiger partial charge in [-0.25, -0.2) is 0 Å². The first kappa shape index (κ1) is 15.1. The van der Waals surface area contributed by atoms with Crippen molar-refractivity contribution < 1.29 is 19.4 Å². The van der Waals surface area contributed by atoms with Gasteiger partial charge in [0.25, 0.3) is 5.91 Å². The van der Waals surface area contributed by atoms with Crippen molar-refractivity contribution in [1.82, 2.24) is 9.88 Å². The molecule has 0 saturated carbocycles. The van der Waals surface area contributed by atoms with Crippen LogP contribution < -0.4 is 0 Å². The van der Waals surface area contributed by atoms with Gasteiger partial charge < -0.3 is 14.7 Å². The second-order valence-corrected chi connectivity index (χ2v) is 4.02. The lowest BCUT2D eigenvalue weighted by atomic mass is 10.2. The smallest absolute Gasteiger partial charge is 0.305 e. The average Bonchev–Trinajstić information content (AvgIpc) is 2.42. The van der Waals surface area contributed by atoms with Crippen LogP contribution in [0.3, 0.4) is 0 Å². The Balaban J connectivity index is 2.65. The van der Waals surface area contributed by atoms with Crippen LogP contribution in [0.1, 0.15) is 23.2 Å². The van der Waals surface area contributed by atoms with E-state index in [1.807, 2.05) is 0 Å². The topological polar surface area (TPSA) is 79.7 Å². The van der Waals surface area contributed by atoms with E-state index in [0.29, 0.717) is 25.1 Å². The maximum atomic E-state index is 12.2. The van der Waals surface area contributed by atoms with Crippen molar-refractivity contribution in [3.05, 3.63) is 30.1 Å². The van der Waals surface area contributed by atoms with Crippen LogP contribution in [0.4, 0.5) is 0 Å². The molecule has 0 aromatic carbocycles. The molecule has 0 aliphatic rings. The minimum absolute atomic E-state index is 0.0657. The van der Waals surface area contributed by atoms with Gasteiger partial charge in [-0.15, -0.1) is 0 Å². The van der Waals surface area contributed by atoms with Gasteiger partial charge in [-0.1, -0.05) is 0 Å². The number of amides is 1. The van der Waals surface area contributed by atoms with Crippen molar-refractivity contribution in [2.24, 2.45) is 0 Å². The van der Waals surface area contributed by atoms with Crippen LogP contribution in [0.15, 0.2) is 24.5 Å². The molecule has 1 rings (SSSR count). The molecular formula is C13H18N2O4. The van der Waals surface area contributed by atoms with Crippen LogP contribution in [0, 0.1) is 0 Å². The molecule has 0 aliphatic heterocycles. The van der Waals surface area contributed by atoms with Gasteiger partial charge in [0.15, 0.2) is 0 Å². The molecule has 1 aromatic rings. The predicted octanol–water partition coefficient (Wildman–Crippen LogP) is 1.03. The molecule has 1 heterocycles. The maximum Gasteiger partial charge on any atom is 0.305 e. The normalized spacial score (nSPS) is 10.2. The third kappa shape index (κ3) is 5.48. The Morgan fingerprint density at radius 2 is 2.00 bits per heavy atom. The standard InChI is InChI=1S/C13H18N2O4/c1-19-10-2-8-15(9-5-12(16)17)13(18)11-3-6-14-7-4-11/h3-4,6-7H,2,5,8-10H2,1H3,(H,16,17). The van der Waals surface area contributed by atoms with Crippen molar-refractivity contribution in [3.8, 4) is 0 Å². The van der Waals surface area contributed by atoms with Gasteiger partial charge >= 0.3 is 5.97 Å². The summed E-state index contributed by atoms with van der Waals surface area (Å²) in [4.78, 5) is 28.2. The molecule has 6 heteroatoms. The lowest BCUT2D eigenvalue weighted by molar-refractivity contribution is -0.137. The number of carbonyl (C=O) groups is 2. The minimum atomic E-state index is -0.917. The number of carbonyl (C=O) groups excluding carboxylic acids is 1. The number of hydrogen-bond acceptors (Lipinski definition) is 4. The largest absolute Gasteiger partial charge is 0.481 e. The Labute approximate surface area is 112 Å². The first-order valence-corrected chi connectivity index (χ1v) is 6.05. The van der Waals surface area contributed by atoms with Gasteiger partial charge in [0.2, 0.25) is 0 Å². The zero-order valence-electron chi connectivity index (χ0n) is 10.9. The number of aromatic nitrogens is 1. The second-order valence-electron chi connectivity index (χ2n) is 4.02. The Bertz CT molecular complexity index is 408. The summed E-state index contributed by atoms with van der Waals surface area (Å²) in [5, 5.41) is 8.71. The highest BCUT2D eigenvalue weighted by molar-refractivity contribution is 5.94. The fraction of sp³-hybridized carbons (Fsp3) is 0.462. The summed E-state index contributed by atoms with van der Waals surface area (Å²) in [7, 11) is 1.59. The third-order valence-electron chi connectivity index (χ3n) is 2.59. The van der Waals surface area contributed by atoms with Crippen LogP contribution in [0.5, 0.6) is 0 Å². The summed E-state index contributed by atoms with van der Waals surface area (Å²) < 4.78 is 4.94. The van der Waals surface area contributed by atoms with Gasteiger partial charge in [-0.3, -0.25) is 14.6 Å². The number of hydrogen-bond donors (Lipinski definition) is 1. The van der Waals surface area contributed by atoms with Crippen molar-refractivity contribution in [3.63, 3.8) is 0 Å². The number of methoxy groups -OCH3 is 1. The molecule has 0 bridgehead atoms. The SMILES string of the molecule is COCCCN(CCC(=O)O)C(=O)c1ccncc1. The van der Waals surface area contributed by atoms with E-state index < -0.39 is 5.97 Å². The molecule has 6 nitrogen and oxygen atoms in total. The Morgan fingerprint density at radius 1 is 1.32 bits per heavy atom. The lowest BCUT2D eigenvalue weighted by Crippen LogP contribution is -2.34. The van der Waals surface area contributed by atoms with E-state index in [4.69, 9.17) is 9.84 Å². The number of rotatable bonds is 8. The molecule has 0 aliphatic carbocycles. The van der Waals surface area contributed by atoms with Crippen molar-refractivity contribution in [1.29, 1.82) is 0 Å². The maximum absolute atomic E-state index is 12.2. The van der Waals surface area contributed by atoms with Gasteiger partial charge in [0.05, 0.1) is 6.42 Å². The molecule has 1 aromatic heterocycles. The highest BCUT2D eigenvalue weighted by atomic mass is 16.5. The monoisotopic (exact) mass is 266 g/mol. The molecule has 1 N–H and O–H groups in total. The summed E-state index contributed by atoms with van der Waals surface area (Å²) in [6, 6.07) is 3.23. The second kappa shape index (κ2) is 8.20. The molecule has 0 radical (unpaired) electrons. The van der Waals surface area contributed by atoms with E-state index in [9.17, 15) is 9.59 Å². The first-order chi connectivity index (χ1) is 9.15. The van der Waals surface area contributed by atoms with Crippen LogP contribution in [-0.4, -0.2) is 53.7 Å². The summed E-state index contributed by atoms with van der Waals surface area (Å²) in [6.07, 6.45) is 3.69. The van der Waals surface area contributed by atoms with Crippen LogP contribution >= 0.6 is 0 Å². The Hall–Kier alpha value is -1.95. The highest BCUT2D eigenvalue weighted by Gasteiger charge is 2.16. The zero-order valence-corrected chi connectivity index (χ0v) is 10.9. The van der Waals surface area contributed by atoms with E-state index in [0.717, 1.165) is 0 Å². The molecule has 0 fully saturated rings. The molecule has 0 atom stereocenters. The third-order valence-corrected chi connectivity index (χ3v) is 2.59. The number of nitrogens with zero attached hydrogens (tertiary/aromatic N) is 2. The summed E-state index contributed by atoms with van der Waals surface area (Å²) in [5.41, 5.74) is 0.512. The van der Waals surface area contributed by atoms with Gasteiger partial charge in [0, 0.05) is 44.8 Å². The fourth-order valence-corrected chi connectivity index (χ4v) is 1.62. The van der Waals surface area contributed by atoms with E-state index in [2.05, 4.69) is 4.98 Å². The van der Waals surface area contributed by atoms with Gasteiger partial charge in [0.1, 0.15) is 0 Å². The Kier molecular flexibility index (Phi) is 6.52. The number of pyridine rings is 1. The molecular weight excluding hydrogens is 248 g/mol. The average molecular weight is 266 g/mol. The number of carboxylic acid groups (broad SMARTS) is 1. The highest BCUT2D eigenvalue weighted by Crippen LogP contribution is 2.05. The van der Waals surface area contributed by atoms with Crippen LogP contribution in [0.2, 0.25) is 0 Å². The molecule has 0 saturated heterocycles. The van der Waals surface area contributed by atoms with E-state index >= 15 is 0 Å². The number of carboxylic acids is 1.